The van der Waals surface area contributed by atoms with Gasteiger partial charge < -0.3 is 9.47 Å². The fourth-order valence-corrected chi connectivity index (χ4v) is 1.59. The highest BCUT2D eigenvalue weighted by Gasteiger charge is 2.21. The van der Waals surface area contributed by atoms with Crippen molar-refractivity contribution in [1.29, 1.82) is 10.5 Å². The molecule has 0 saturated carbocycles. The van der Waals surface area contributed by atoms with Gasteiger partial charge in [0.25, 0.3) is 0 Å². The Morgan fingerprint density at radius 1 is 1.38 bits per heavy atom. The topological polar surface area (TPSA) is 66.0 Å². The summed E-state index contributed by atoms with van der Waals surface area (Å²) >= 11 is 0. The first-order valence-corrected chi connectivity index (χ1v) is 4.64. The zero-order chi connectivity index (χ0) is 11.5. The molecule has 16 heavy (non-hydrogen) atoms. The number of nitriles is 2. The lowest BCUT2D eigenvalue weighted by atomic mass is 10.0. The number of allylic oxidation sites excluding steroid dienone is 1. The molecule has 0 bridgehead atoms. The summed E-state index contributed by atoms with van der Waals surface area (Å²) in [4.78, 5) is 0. The normalized spacial score (nSPS) is 12.1. The third-order valence-electron chi connectivity index (χ3n) is 2.41. The van der Waals surface area contributed by atoms with Crippen LogP contribution in [0.5, 0.6) is 11.5 Å². The number of hydrogen-bond donors (Lipinski definition) is 0. The monoisotopic (exact) mass is 212 g/mol. The molecule has 1 aliphatic heterocycles. The van der Waals surface area contributed by atoms with Crippen LogP contribution in [0.3, 0.4) is 0 Å². The van der Waals surface area contributed by atoms with Crippen LogP contribution in [0.2, 0.25) is 0 Å². The van der Waals surface area contributed by atoms with Crippen LogP contribution in [0, 0.1) is 22.7 Å². The van der Waals surface area contributed by atoms with Crippen LogP contribution in [-0.4, -0.2) is 13.7 Å². The predicted octanol–water partition coefficient (Wildman–Crippen LogP) is 1.89. The maximum Gasteiger partial charge on any atom is 0.137 e. The second-order valence-electron chi connectivity index (χ2n) is 3.23. The molecule has 0 aromatic heterocycles. The SMILES string of the molecule is COc1ccc2c(c1)OCC2=C(C#N)C#N. The average Bonchev–Trinajstić information content (AvgIpc) is 2.74. The molecule has 0 amide bonds. The average molecular weight is 212 g/mol. The summed E-state index contributed by atoms with van der Waals surface area (Å²) < 4.78 is 10.5. The van der Waals surface area contributed by atoms with Gasteiger partial charge in [-0.15, -0.1) is 0 Å². The van der Waals surface area contributed by atoms with E-state index in [1.165, 1.54) is 0 Å². The van der Waals surface area contributed by atoms with E-state index in [0.29, 0.717) is 17.1 Å². The lowest BCUT2D eigenvalue weighted by Gasteiger charge is -2.02. The van der Waals surface area contributed by atoms with Gasteiger partial charge in [0.1, 0.15) is 35.8 Å². The fourth-order valence-electron chi connectivity index (χ4n) is 1.59. The molecule has 1 heterocycles. The molecular weight excluding hydrogens is 204 g/mol. The van der Waals surface area contributed by atoms with Crippen molar-refractivity contribution >= 4 is 5.57 Å². The quantitative estimate of drug-likeness (QED) is 0.666. The molecule has 0 unspecified atom stereocenters. The summed E-state index contributed by atoms with van der Waals surface area (Å²) in [5.41, 5.74) is 1.53. The predicted molar refractivity (Wildman–Crippen MR) is 56.6 cm³/mol. The van der Waals surface area contributed by atoms with Gasteiger partial charge in [-0.05, 0) is 12.1 Å². The number of fused-ring (bicyclic) bond motifs is 1. The number of benzene rings is 1. The number of ether oxygens (including phenoxy) is 2. The van der Waals surface area contributed by atoms with E-state index in [2.05, 4.69) is 0 Å². The second kappa shape index (κ2) is 3.96. The molecule has 0 N–H and O–H groups in total. The van der Waals surface area contributed by atoms with Crippen molar-refractivity contribution in [1.82, 2.24) is 0 Å². The lowest BCUT2D eigenvalue weighted by Crippen LogP contribution is -1.90. The summed E-state index contributed by atoms with van der Waals surface area (Å²) in [6.45, 7) is 0.263. The minimum Gasteiger partial charge on any atom is -0.497 e. The Bertz CT molecular complexity index is 531. The van der Waals surface area contributed by atoms with Gasteiger partial charge in [0.05, 0.1) is 7.11 Å². The van der Waals surface area contributed by atoms with Crippen LogP contribution in [0.4, 0.5) is 0 Å². The molecule has 2 rings (SSSR count). The van der Waals surface area contributed by atoms with Gasteiger partial charge in [0.15, 0.2) is 0 Å². The van der Waals surface area contributed by atoms with E-state index in [9.17, 15) is 0 Å². The molecule has 4 nitrogen and oxygen atoms in total. The minimum atomic E-state index is 0.101. The van der Waals surface area contributed by atoms with Gasteiger partial charge in [-0.25, -0.2) is 0 Å². The Hall–Kier alpha value is -2.46. The molecule has 4 heteroatoms. The van der Waals surface area contributed by atoms with E-state index in [0.717, 1.165) is 5.56 Å². The van der Waals surface area contributed by atoms with Gasteiger partial charge in [-0.2, -0.15) is 10.5 Å². The molecule has 0 saturated heterocycles. The number of hydrogen-bond acceptors (Lipinski definition) is 4. The highest BCUT2D eigenvalue weighted by molar-refractivity contribution is 5.82. The molecule has 0 aliphatic carbocycles. The standard InChI is InChI=1S/C12H8N2O2/c1-15-9-2-3-10-11(8(5-13)6-14)7-16-12(10)4-9/h2-4H,7H2,1H3. The van der Waals surface area contributed by atoms with Crippen LogP contribution >= 0.6 is 0 Å². The van der Waals surface area contributed by atoms with Gasteiger partial charge >= 0.3 is 0 Å². The van der Waals surface area contributed by atoms with Gasteiger partial charge in [-0.3, -0.25) is 0 Å². The molecule has 1 aromatic carbocycles. The highest BCUT2D eigenvalue weighted by atomic mass is 16.5. The highest BCUT2D eigenvalue weighted by Crippen LogP contribution is 2.37. The second-order valence-corrected chi connectivity index (χ2v) is 3.23. The first kappa shape index (κ1) is 10.1. The van der Waals surface area contributed by atoms with Crippen LogP contribution in [0.25, 0.3) is 5.57 Å². The smallest absolute Gasteiger partial charge is 0.137 e. The zero-order valence-electron chi connectivity index (χ0n) is 8.65. The molecule has 0 spiro atoms. The van der Waals surface area contributed by atoms with E-state index in [1.54, 1.807) is 25.3 Å². The first-order valence-electron chi connectivity index (χ1n) is 4.64. The lowest BCUT2D eigenvalue weighted by molar-refractivity contribution is 0.379. The van der Waals surface area contributed by atoms with Crippen LogP contribution < -0.4 is 9.47 Å². The summed E-state index contributed by atoms with van der Waals surface area (Å²) in [6, 6.07) is 9.06. The van der Waals surface area contributed by atoms with Crippen molar-refractivity contribution < 1.29 is 9.47 Å². The maximum absolute atomic E-state index is 8.80. The molecule has 1 aromatic rings. The van der Waals surface area contributed by atoms with Crippen molar-refractivity contribution in [2.75, 3.05) is 13.7 Å². The van der Waals surface area contributed by atoms with E-state index in [4.69, 9.17) is 20.0 Å². The van der Waals surface area contributed by atoms with Gasteiger partial charge in [0.2, 0.25) is 0 Å². The Morgan fingerprint density at radius 3 is 2.75 bits per heavy atom. The summed E-state index contributed by atoms with van der Waals surface area (Å²) in [7, 11) is 1.57. The third kappa shape index (κ3) is 1.47. The zero-order valence-corrected chi connectivity index (χ0v) is 8.65. The fraction of sp³-hybridized carbons (Fsp3) is 0.167. The first-order chi connectivity index (χ1) is 7.80. The van der Waals surface area contributed by atoms with Gasteiger partial charge in [0, 0.05) is 17.2 Å². The summed E-state index contributed by atoms with van der Waals surface area (Å²) in [5.74, 6) is 1.34. The Labute approximate surface area is 92.9 Å². The van der Waals surface area contributed by atoms with Crippen molar-refractivity contribution in [2.45, 2.75) is 0 Å². The molecular formula is C12H8N2O2. The minimum absolute atomic E-state index is 0.101. The van der Waals surface area contributed by atoms with E-state index in [1.807, 2.05) is 12.1 Å². The maximum atomic E-state index is 8.80. The number of methoxy groups -OCH3 is 1. The van der Waals surface area contributed by atoms with Gasteiger partial charge in [-0.1, -0.05) is 0 Å². The van der Waals surface area contributed by atoms with Crippen LogP contribution in [-0.2, 0) is 0 Å². The molecule has 0 atom stereocenters. The Morgan fingerprint density at radius 2 is 2.12 bits per heavy atom. The van der Waals surface area contributed by atoms with Crippen molar-refractivity contribution in [2.24, 2.45) is 0 Å². The van der Waals surface area contributed by atoms with E-state index < -0.39 is 0 Å². The largest absolute Gasteiger partial charge is 0.497 e. The molecule has 78 valence electrons. The summed E-state index contributed by atoms with van der Waals surface area (Å²) in [5, 5.41) is 17.6. The Balaban J connectivity index is 2.55. The van der Waals surface area contributed by atoms with Crippen LogP contribution in [0.15, 0.2) is 23.8 Å². The van der Waals surface area contributed by atoms with Crippen molar-refractivity contribution in [3.05, 3.63) is 29.3 Å². The number of rotatable bonds is 1. The molecule has 0 radical (unpaired) electrons. The molecule has 1 aliphatic rings. The summed E-state index contributed by atoms with van der Waals surface area (Å²) in [6.07, 6.45) is 0. The molecule has 0 fully saturated rings. The third-order valence-corrected chi connectivity index (χ3v) is 2.41. The van der Waals surface area contributed by atoms with E-state index in [-0.39, 0.29) is 12.2 Å². The van der Waals surface area contributed by atoms with Crippen molar-refractivity contribution in [3.63, 3.8) is 0 Å². The Kier molecular flexibility index (Phi) is 2.49. The van der Waals surface area contributed by atoms with Crippen LogP contribution in [0.1, 0.15) is 5.56 Å². The van der Waals surface area contributed by atoms with Crippen molar-refractivity contribution in [3.8, 4) is 23.6 Å². The number of nitrogens with zero attached hydrogens (tertiary/aromatic N) is 2. The van der Waals surface area contributed by atoms with E-state index >= 15 is 0 Å².